The Kier molecular flexibility index (Phi) is 4.06. The molecule has 0 aliphatic heterocycles. The Hall–Kier alpha value is -2.02. The number of anilines is 1. The van der Waals surface area contributed by atoms with Crippen molar-refractivity contribution < 1.29 is 4.92 Å². The monoisotopic (exact) mass is 278 g/mol. The van der Waals surface area contributed by atoms with Gasteiger partial charge in [0.05, 0.1) is 9.93 Å². The number of aryl methyl sites for hydroxylation is 1. The molecule has 0 saturated carbocycles. The van der Waals surface area contributed by atoms with Crippen LogP contribution in [0.5, 0.6) is 0 Å². The van der Waals surface area contributed by atoms with Crippen molar-refractivity contribution in [1.29, 1.82) is 0 Å². The van der Waals surface area contributed by atoms with Crippen LogP contribution in [-0.4, -0.2) is 28.5 Å². The number of likely N-dealkylation sites (N-methyl/N-ethyl adjacent to an activating group) is 1. The fourth-order valence-electron chi connectivity index (χ4n) is 1.70. The van der Waals surface area contributed by atoms with Gasteiger partial charge in [0.15, 0.2) is 0 Å². The maximum Gasteiger partial charge on any atom is 0.290 e. The van der Waals surface area contributed by atoms with Crippen LogP contribution in [0, 0.1) is 17.0 Å². The van der Waals surface area contributed by atoms with E-state index < -0.39 is 4.92 Å². The summed E-state index contributed by atoms with van der Waals surface area (Å²) in [5.74, 6) is 0.736. The smallest absolute Gasteiger partial charge is 0.290 e. The van der Waals surface area contributed by atoms with Gasteiger partial charge in [-0.3, -0.25) is 10.1 Å². The van der Waals surface area contributed by atoms with Gasteiger partial charge < -0.3 is 4.90 Å². The average molecular weight is 278 g/mol. The van der Waals surface area contributed by atoms with E-state index in [-0.39, 0.29) is 5.69 Å². The molecule has 7 heteroatoms. The SMILES string of the molecule is Cc1nc(N(C)CCc2nccs2)ccc1[N+](=O)[O-]. The third-order valence-corrected chi connectivity index (χ3v) is 3.61. The van der Waals surface area contributed by atoms with E-state index >= 15 is 0 Å². The van der Waals surface area contributed by atoms with E-state index in [0.717, 1.165) is 23.8 Å². The van der Waals surface area contributed by atoms with Crippen molar-refractivity contribution in [2.75, 3.05) is 18.5 Å². The minimum Gasteiger partial charge on any atom is -0.359 e. The van der Waals surface area contributed by atoms with E-state index in [1.54, 1.807) is 30.5 Å². The molecule has 0 amide bonds. The van der Waals surface area contributed by atoms with Gasteiger partial charge in [-0.2, -0.15) is 0 Å². The van der Waals surface area contributed by atoms with Crippen LogP contribution in [0.4, 0.5) is 11.5 Å². The summed E-state index contributed by atoms with van der Waals surface area (Å²) in [6.07, 6.45) is 2.63. The van der Waals surface area contributed by atoms with E-state index in [2.05, 4.69) is 9.97 Å². The van der Waals surface area contributed by atoms with Gasteiger partial charge >= 0.3 is 0 Å². The number of nitrogens with zero attached hydrogens (tertiary/aromatic N) is 4. The molecule has 2 aromatic rings. The summed E-state index contributed by atoms with van der Waals surface area (Å²) in [7, 11) is 1.92. The number of aromatic nitrogens is 2. The van der Waals surface area contributed by atoms with Crippen LogP contribution in [0.15, 0.2) is 23.7 Å². The summed E-state index contributed by atoms with van der Waals surface area (Å²) in [6, 6.07) is 3.17. The lowest BCUT2D eigenvalue weighted by molar-refractivity contribution is -0.385. The zero-order valence-electron chi connectivity index (χ0n) is 10.7. The minimum absolute atomic E-state index is 0.0528. The lowest BCUT2D eigenvalue weighted by Gasteiger charge is -2.17. The summed E-state index contributed by atoms with van der Waals surface area (Å²) in [4.78, 5) is 20.8. The Labute approximate surface area is 114 Å². The molecule has 0 unspecified atom stereocenters. The second-order valence-electron chi connectivity index (χ2n) is 4.13. The number of pyridine rings is 1. The molecule has 0 N–H and O–H groups in total. The highest BCUT2D eigenvalue weighted by Crippen LogP contribution is 2.20. The van der Waals surface area contributed by atoms with Crippen LogP contribution < -0.4 is 4.90 Å². The average Bonchev–Trinajstić information content (AvgIpc) is 2.88. The lowest BCUT2D eigenvalue weighted by atomic mass is 10.3. The van der Waals surface area contributed by atoms with Crippen LogP contribution in [0.3, 0.4) is 0 Å². The topological polar surface area (TPSA) is 72.2 Å². The fraction of sp³-hybridized carbons (Fsp3) is 0.333. The molecular weight excluding hydrogens is 264 g/mol. The van der Waals surface area contributed by atoms with Gasteiger partial charge in [-0.05, 0) is 13.0 Å². The maximum atomic E-state index is 10.7. The third kappa shape index (κ3) is 3.25. The molecule has 0 aromatic carbocycles. The molecule has 2 rings (SSSR count). The zero-order valence-corrected chi connectivity index (χ0v) is 11.6. The van der Waals surface area contributed by atoms with Crippen molar-refractivity contribution >= 4 is 22.8 Å². The number of nitro groups is 1. The Bertz CT molecular complexity index is 571. The summed E-state index contributed by atoms with van der Waals surface area (Å²) < 4.78 is 0. The molecule has 19 heavy (non-hydrogen) atoms. The molecule has 0 radical (unpaired) electrons. The van der Waals surface area contributed by atoms with Gasteiger partial charge in [0.25, 0.3) is 5.69 Å². The number of thiazole rings is 1. The van der Waals surface area contributed by atoms with Crippen LogP contribution in [0.2, 0.25) is 0 Å². The highest BCUT2D eigenvalue weighted by Gasteiger charge is 2.13. The third-order valence-electron chi connectivity index (χ3n) is 2.78. The Morgan fingerprint density at radius 1 is 1.47 bits per heavy atom. The first-order valence-corrected chi connectivity index (χ1v) is 6.67. The van der Waals surface area contributed by atoms with Gasteiger partial charge in [0.2, 0.25) is 0 Å². The molecule has 0 spiro atoms. The molecular formula is C12H14N4O2S. The van der Waals surface area contributed by atoms with E-state index in [1.165, 1.54) is 6.07 Å². The minimum atomic E-state index is -0.415. The number of hydrogen-bond acceptors (Lipinski definition) is 6. The van der Waals surface area contributed by atoms with E-state index in [0.29, 0.717) is 5.69 Å². The zero-order chi connectivity index (χ0) is 13.8. The Morgan fingerprint density at radius 2 is 2.26 bits per heavy atom. The van der Waals surface area contributed by atoms with E-state index in [4.69, 9.17) is 0 Å². The van der Waals surface area contributed by atoms with Crippen molar-refractivity contribution in [2.45, 2.75) is 13.3 Å². The number of rotatable bonds is 5. The number of hydrogen-bond donors (Lipinski definition) is 0. The van der Waals surface area contributed by atoms with Gasteiger partial charge in [-0.1, -0.05) is 0 Å². The summed E-state index contributed by atoms with van der Waals surface area (Å²) in [5.41, 5.74) is 0.487. The van der Waals surface area contributed by atoms with Crippen LogP contribution in [0.1, 0.15) is 10.7 Å². The lowest BCUT2D eigenvalue weighted by Crippen LogP contribution is -2.21. The summed E-state index contributed by atoms with van der Waals surface area (Å²) >= 11 is 1.62. The highest BCUT2D eigenvalue weighted by atomic mass is 32.1. The van der Waals surface area contributed by atoms with Gasteiger partial charge in [0, 0.05) is 37.7 Å². The van der Waals surface area contributed by atoms with E-state index in [1.807, 2.05) is 17.3 Å². The molecule has 0 aliphatic rings. The molecule has 2 heterocycles. The van der Waals surface area contributed by atoms with Crippen molar-refractivity contribution in [3.63, 3.8) is 0 Å². The van der Waals surface area contributed by atoms with Crippen molar-refractivity contribution in [2.24, 2.45) is 0 Å². The molecule has 0 saturated heterocycles. The standard InChI is InChI=1S/C12H14N4O2S/c1-9-10(16(17)18)3-4-11(14-9)15(2)7-5-12-13-6-8-19-12/h3-4,6,8H,5,7H2,1-2H3. The second kappa shape index (κ2) is 5.75. The Balaban J connectivity index is 2.05. The molecule has 0 aliphatic carbocycles. The van der Waals surface area contributed by atoms with Crippen LogP contribution >= 0.6 is 11.3 Å². The Morgan fingerprint density at radius 3 is 2.84 bits per heavy atom. The first-order valence-electron chi connectivity index (χ1n) is 5.79. The molecule has 6 nitrogen and oxygen atoms in total. The normalized spacial score (nSPS) is 10.4. The van der Waals surface area contributed by atoms with Gasteiger partial charge in [-0.25, -0.2) is 9.97 Å². The summed E-state index contributed by atoms with van der Waals surface area (Å²) in [5, 5.41) is 13.8. The van der Waals surface area contributed by atoms with Gasteiger partial charge in [0.1, 0.15) is 11.5 Å². The largest absolute Gasteiger partial charge is 0.359 e. The fourth-order valence-corrected chi connectivity index (χ4v) is 2.31. The van der Waals surface area contributed by atoms with Crippen LogP contribution in [-0.2, 0) is 6.42 Å². The quantitative estimate of drug-likeness (QED) is 0.620. The highest BCUT2D eigenvalue weighted by molar-refractivity contribution is 7.09. The van der Waals surface area contributed by atoms with Crippen molar-refractivity contribution in [1.82, 2.24) is 9.97 Å². The maximum absolute atomic E-state index is 10.7. The van der Waals surface area contributed by atoms with Gasteiger partial charge in [-0.15, -0.1) is 11.3 Å². The molecule has 0 fully saturated rings. The van der Waals surface area contributed by atoms with Crippen molar-refractivity contribution in [3.05, 3.63) is 44.5 Å². The first-order chi connectivity index (χ1) is 9.08. The second-order valence-corrected chi connectivity index (χ2v) is 5.11. The van der Waals surface area contributed by atoms with Crippen LogP contribution in [0.25, 0.3) is 0 Å². The first kappa shape index (κ1) is 13.4. The molecule has 0 atom stereocenters. The molecule has 0 bridgehead atoms. The summed E-state index contributed by atoms with van der Waals surface area (Å²) in [6.45, 7) is 2.42. The predicted octanol–water partition coefficient (Wildman–Crippen LogP) is 2.43. The molecule has 100 valence electrons. The molecule has 2 aromatic heterocycles. The van der Waals surface area contributed by atoms with Crippen molar-refractivity contribution in [3.8, 4) is 0 Å². The van der Waals surface area contributed by atoms with E-state index in [9.17, 15) is 10.1 Å². The predicted molar refractivity (Wildman–Crippen MR) is 74.7 cm³/mol.